The van der Waals surface area contributed by atoms with Gasteiger partial charge in [-0.25, -0.2) is 0 Å². The lowest BCUT2D eigenvalue weighted by Crippen LogP contribution is -2.25. The van der Waals surface area contributed by atoms with E-state index in [-0.39, 0.29) is 0 Å². The maximum absolute atomic E-state index is 6.16. The van der Waals surface area contributed by atoms with Crippen molar-refractivity contribution in [1.29, 1.82) is 0 Å². The molecule has 0 fully saturated rings. The summed E-state index contributed by atoms with van der Waals surface area (Å²) in [5, 5.41) is 4.33. The maximum Gasteiger partial charge on any atom is 0.119 e. The van der Waals surface area contributed by atoms with Crippen molar-refractivity contribution in [2.24, 2.45) is 0 Å². The summed E-state index contributed by atoms with van der Waals surface area (Å²) < 4.78 is 5.84. The first-order valence-electron chi connectivity index (χ1n) is 9.43. The highest BCUT2D eigenvalue weighted by Crippen LogP contribution is 2.19. The van der Waals surface area contributed by atoms with Crippen LogP contribution < -0.4 is 10.1 Å². The van der Waals surface area contributed by atoms with Crippen LogP contribution in [0.2, 0.25) is 5.02 Å². The van der Waals surface area contributed by atoms with Gasteiger partial charge in [0, 0.05) is 23.2 Å². The van der Waals surface area contributed by atoms with E-state index in [1.54, 1.807) is 0 Å². The number of halogens is 1. The van der Waals surface area contributed by atoms with Gasteiger partial charge in [0.1, 0.15) is 12.4 Å². The van der Waals surface area contributed by atoms with E-state index < -0.39 is 0 Å². The molecule has 3 rings (SSSR count). The molecule has 0 heterocycles. The third-order valence-electron chi connectivity index (χ3n) is 4.64. The van der Waals surface area contributed by atoms with E-state index in [0.29, 0.717) is 12.6 Å². The molecule has 140 valence electrons. The average molecular weight is 380 g/mol. The second-order valence-electron chi connectivity index (χ2n) is 6.83. The van der Waals surface area contributed by atoms with Gasteiger partial charge in [0.25, 0.3) is 0 Å². The lowest BCUT2D eigenvalue weighted by molar-refractivity contribution is 0.306. The van der Waals surface area contributed by atoms with Crippen molar-refractivity contribution in [3.8, 4) is 5.75 Å². The van der Waals surface area contributed by atoms with Crippen LogP contribution in [0.25, 0.3) is 0 Å². The van der Waals surface area contributed by atoms with E-state index in [2.05, 4.69) is 54.7 Å². The summed E-state index contributed by atoms with van der Waals surface area (Å²) in [6.07, 6.45) is 2.23. The van der Waals surface area contributed by atoms with Crippen LogP contribution in [-0.2, 0) is 19.6 Å². The standard InChI is InChI=1S/C24H26ClNO/c1-19(11-12-20-7-3-2-4-8-20)26-17-21-13-15-23(16-14-21)27-18-22-9-5-6-10-24(22)25/h2-10,13-16,19,26H,11-12,17-18H2,1H3/t19-/m1/s1. The normalized spacial score (nSPS) is 11.9. The van der Waals surface area contributed by atoms with Crippen molar-refractivity contribution >= 4 is 11.6 Å². The molecule has 0 bridgehead atoms. The zero-order chi connectivity index (χ0) is 18.9. The Balaban J connectivity index is 1.41. The number of nitrogens with one attached hydrogen (secondary N) is 1. The highest BCUT2D eigenvalue weighted by molar-refractivity contribution is 6.31. The molecular weight excluding hydrogens is 354 g/mol. The van der Waals surface area contributed by atoms with Crippen LogP contribution in [0.3, 0.4) is 0 Å². The average Bonchev–Trinajstić information content (AvgIpc) is 2.72. The molecule has 3 aromatic rings. The fraction of sp³-hybridized carbons (Fsp3) is 0.250. The minimum Gasteiger partial charge on any atom is -0.489 e. The molecule has 0 aliphatic carbocycles. The van der Waals surface area contributed by atoms with Crippen LogP contribution in [0.5, 0.6) is 5.75 Å². The van der Waals surface area contributed by atoms with Crippen LogP contribution in [-0.4, -0.2) is 6.04 Å². The summed E-state index contributed by atoms with van der Waals surface area (Å²) in [5.74, 6) is 0.857. The third-order valence-corrected chi connectivity index (χ3v) is 5.01. The van der Waals surface area contributed by atoms with Crippen LogP contribution >= 0.6 is 11.6 Å². The highest BCUT2D eigenvalue weighted by Gasteiger charge is 2.04. The molecule has 0 amide bonds. The Morgan fingerprint density at radius 2 is 1.56 bits per heavy atom. The van der Waals surface area contributed by atoms with Gasteiger partial charge < -0.3 is 10.1 Å². The van der Waals surface area contributed by atoms with Gasteiger partial charge in [0.2, 0.25) is 0 Å². The second-order valence-corrected chi connectivity index (χ2v) is 7.24. The summed E-state index contributed by atoms with van der Waals surface area (Å²) in [7, 11) is 0. The summed E-state index contributed by atoms with van der Waals surface area (Å²) in [5.41, 5.74) is 3.65. The zero-order valence-corrected chi connectivity index (χ0v) is 16.5. The summed E-state index contributed by atoms with van der Waals surface area (Å²) >= 11 is 6.16. The maximum atomic E-state index is 6.16. The fourth-order valence-corrected chi connectivity index (χ4v) is 3.09. The first kappa shape index (κ1) is 19.5. The van der Waals surface area contributed by atoms with E-state index in [0.717, 1.165) is 35.7 Å². The van der Waals surface area contributed by atoms with Crippen LogP contribution in [0.15, 0.2) is 78.9 Å². The first-order chi connectivity index (χ1) is 13.2. The zero-order valence-electron chi connectivity index (χ0n) is 15.7. The van der Waals surface area contributed by atoms with Gasteiger partial charge in [0.15, 0.2) is 0 Å². The molecule has 0 saturated carbocycles. The molecular formula is C24H26ClNO. The third kappa shape index (κ3) is 6.42. The van der Waals surface area contributed by atoms with Crippen molar-refractivity contribution < 1.29 is 4.74 Å². The summed E-state index contributed by atoms with van der Waals surface area (Å²) in [4.78, 5) is 0. The van der Waals surface area contributed by atoms with Crippen LogP contribution in [0.4, 0.5) is 0 Å². The molecule has 1 atom stereocenters. The van der Waals surface area contributed by atoms with Crippen LogP contribution in [0.1, 0.15) is 30.0 Å². The molecule has 0 radical (unpaired) electrons. The minimum absolute atomic E-state index is 0.473. The molecule has 3 aromatic carbocycles. The Hall–Kier alpha value is -2.29. The predicted molar refractivity (Wildman–Crippen MR) is 113 cm³/mol. The van der Waals surface area contributed by atoms with E-state index in [4.69, 9.17) is 16.3 Å². The SMILES string of the molecule is C[C@H](CCc1ccccc1)NCc1ccc(OCc2ccccc2Cl)cc1. The number of hydrogen-bond donors (Lipinski definition) is 1. The van der Waals surface area contributed by atoms with Crippen molar-refractivity contribution in [2.75, 3.05) is 0 Å². The minimum atomic E-state index is 0.473. The molecule has 0 unspecified atom stereocenters. The molecule has 0 aromatic heterocycles. The van der Waals surface area contributed by atoms with E-state index in [1.165, 1.54) is 11.1 Å². The number of rotatable bonds is 9. The number of ether oxygens (including phenoxy) is 1. The number of benzene rings is 3. The highest BCUT2D eigenvalue weighted by atomic mass is 35.5. The van der Waals surface area contributed by atoms with E-state index in [9.17, 15) is 0 Å². The second kappa shape index (κ2) is 10.1. The van der Waals surface area contributed by atoms with E-state index in [1.807, 2.05) is 36.4 Å². The topological polar surface area (TPSA) is 21.3 Å². The Morgan fingerprint density at radius 1 is 0.852 bits per heavy atom. The summed E-state index contributed by atoms with van der Waals surface area (Å²) in [6, 6.07) is 27.1. The van der Waals surface area contributed by atoms with Gasteiger partial charge >= 0.3 is 0 Å². The molecule has 2 nitrogen and oxygen atoms in total. The predicted octanol–water partition coefficient (Wildman–Crippen LogP) is 6.03. The quantitative estimate of drug-likeness (QED) is 0.490. The molecule has 0 aliphatic heterocycles. The van der Waals surface area contributed by atoms with Gasteiger partial charge in [-0.2, -0.15) is 0 Å². The first-order valence-corrected chi connectivity index (χ1v) is 9.81. The van der Waals surface area contributed by atoms with Crippen molar-refractivity contribution in [2.45, 2.75) is 39.0 Å². The lowest BCUT2D eigenvalue weighted by Gasteiger charge is -2.14. The Labute approximate surface area is 167 Å². The van der Waals surface area contributed by atoms with Crippen molar-refractivity contribution in [3.63, 3.8) is 0 Å². The summed E-state index contributed by atoms with van der Waals surface area (Å²) in [6.45, 7) is 3.58. The van der Waals surface area contributed by atoms with Gasteiger partial charge in [-0.05, 0) is 49.1 Å². The van der Waals surface area contributed by atoms with Gasteiger partial charge in [-0.3, -0.25) is 0 Å². The molecule has 0 aliphatic rings. The largest absolute Gasteiger partial charge is 0.489 e. The smallest absolute Gasteiger partial charge is 0.119 e. The fourth-order valence-electron chi connectivity index (χ4n) is 2.90. The van der Waals surface area contributed by atoms with Crippen molar-refractivity contribution in [1.82, 2.24) is 5.32 Å². The van der Waals surface area contributed by atoms with Gasteiger partial charge in [0.05, 0.1) is 0 Å². The number of aryl methyl sites for hydroxylation is 1. The molecule has 0 saturated heterocycles. The van der Waals surface area contributed by atoms with E-state index >= 15 is 0 Å². The monoisotopic (exact) mass is 379 g/mol. The van der Waals surface area contributed by atoms with Crippen LogP contribution in [0, 0.1) is 0 Å². The van der Waals surface area contributed by atoms with Gasteiger partial charge in [-0.1, -0.05) is 72.3 Å². The Kier molecular flexibility index (Phi) is 7.32. The van der Waals surface area contributed by atoms with Crippen molar-refractivity contribution in [3.05, 3.63) is 101 Å². The Morgan fingerprint density at radius 3 is 2.30 bits per heavy atom. The lowest BCUT2D eigenvalue weighted by atomic mass is 10.1. The molecule has 1 N–H and O–H groups in total. The molecule has 3 heteroatoms. The molecule has 27 heavy (non-hydrogen) atoms. The Bertz CT molecular complexity index is 817. The molecule has 0 spiro atoms. The number of hydrogen-bond acceptors (Lipinski definition) is 2. The van der Waals surface area contributed by atoms with Gasteiger partial charge in [-0.15, -0.1) is 0 Å².